The monoisotopic (exact) mass is 369 g/mol. The lowest BCUT2D eigenvalue weighted by Crippen LogP contribution is -2.21. The second kappa shape index (κ2) is 8.80. The van der Waals surface area contributed by atoms with Crippen LogP contribution in [0.25, 0.3) is 0 Å². The highest BCUT2D eigenvalue weighted by atomic mass is 32.1. The highest BCUT2D eigenvalue weighted by Crippen LogP contribution is 2.29. The second-order valence-corrected chi connectivity index (χ2v) is 6.74. The normalized spacial score (nSPS) is 10.8. The van der Waals surface area contributed by atoms with Gasteiger partial charge in [0.2, 0.25) is 0 Å². The van der Waals surface area contributed by atoms with Gasteiger partial charge in [0.25, 0.3) is 5.91 Å². The van der Waals surface area contributed by atoms with E-state index in [1.165, 1.54) is 30.1 Å². The van der Waals surface area contributed by atoms with E-state index in [9.17, 15) is 13.6 Å². The molecule has 0 aliphatic rings. The maximum absolute atomic E-state index is 12.3. The first-order chi connectivity index (χ1) is 11.9. The molecule has 25 heavy (non-hydrogen) atoms. The number of methoxy groups -OCH3 is 1. The summed E-state index contributed by atoms with van der Waals surface area (Å²) in [6, 6.07) is 6.52. The van der Waals surface area contributed by atoms with E-state index in [1.807, 2.05) is 13.0 Å². The predicted molar refractivity (Wildman–Crippen MR) is 93.8 cm³/mol. The minimum atomic E-state index is -2.92. The minimum absolute atomic E-state index is 0.0364. The summed E-state index contributed by atoms with van der Waals surface area (Å²) in [6.07, 6.45) is 1.99. The van der Waals surface area contributed by atoms with Crippen LogP contribution in [0.5, 0.6) is 11.5 Å². The second-order valence-electron chi connectivity index (χ2n) is 5.49. The molecule has 1 amide bonds. The highest BCUT2D eigenvalue weighted by Gasteiger charge is 2.14. The molecule has 0 radical (unpaired) electrons. The zero-order valence-corrected chi connectivity index (χ0v) is 15.2. The molecule has 2 rings (SSSR count). The molecule has 0 unspecified atom stereocenters. The number of amides is 1. The van der Waals surface area contributed by atoms with Gasteiger partial charge in [-0.25, -0.2) is 0 Å². The fraction of sp³-hybridized carbons (Fsp3) is 0.389. The van der Waals surface area contributed by atoms with E-state index in [1.54, 1.807) is 12.1 Å². The number of ether oxygens (including phenoxy) is 2. The van der Waals surface area contributed by atoms with E-state index in [0.717, 1.165) is 23.3 Å². The third-order valence-corrected chi connectivity index (χ3v) is 4.75. The van der Waals surface area contributed by atoms with Gasteiger partial charge in [0, 0.05) is 11.4 Å². The molecular weight excluding hydrogens is 348 g/mol. The molecule has 1 aromatic carbocycles. The van der Waals surface area contributed by atoms with Gasteiger partial charge in [-0.3, -0.25) is 4.79 Å². The number of hydrogen-bond acceptors (Lipinski definition) is 4. The lowest BCUT2D eigenvalue weighted by Gasteiger charge is -2.11. The van der Waals surface area contributed by atoms with Gasteiger partial charge in [-0.15, -0.1) is 11.3 Å². The van der Waals surface area contributed by atoms with Crippen LogP contribution in [-0.4, -0.2) is 19.6 Å². The quantitative estimate of drug-likeness (QED) is 0.743. The van der Waals surface area contributed by atoms with Gasteiger partial charge in [0.05, 0.1) is 12.0 Å². The summed E-state index contributed by atoms with van der Waals surface area (Å²) in [5, 5.41) is 2.84. The molecule has 7 heteroatoms. The predicted octanol–water partition coefficient (Wildman–Crippen LogP) is 4.55. The van der Waals surface area contributed by atoms with Gasteiger partial charge in [-0.05, 0) is 42.7 Å². The van der Waals surface area contributed by atoms with Crippen LogP contribution in [0.15, 0.2) is 24.3 Å². The van der Waals surface area contributed by atoms with Crippen molar-refractivity contribution in [3.05, 3.63) is 45.1 Å². The molecule has 0 aliphatic carbocycles. The lowest BCUT2D eigenvalue weighted by atomic mass is 10.1. The van der Waals surface area contributed by atoms with Crippen molar-refractivity contribution in [1.82, 2.24) is 5.32 Å². The van der Waals surface area contributed by atoms with E-state index >= 15 is 0 Å². The molecule has 136 valence electrons. The molecule has 2 aromatic rings. The van der Waals surface area contributed by atoms with Crippen LogP contribution >= 0.6 is 11.3 Å². The van der Waals surface area contributed by atoms with Crippen molar-refractivity contribution in [3.8, 4) is 11.5 Å². The molecule has 0 fully saturated rings. The number of benzene rings is 1. The zero-order valence-electron chi connectivity index (χ0n) is 14.4. The number of hydrogen-bond donors (Lipinski definition) is 1. The number of rotatable bonds is 8. The Kier molecular flexibility index (Phi) is 6.75. The molecule has 0 atom stereocenters. The number of nitrogens with one attached hydrogen (secondary N) is 1. The van der Waals surface area contributed by atoms with Crippen LogP contribution in [0.2, 0.25) is 0 Å². The largest absolute Gasteiger partial charge is 0.493 e. The van der Waals surface area contributed by atoms with Crippen molar-refractivity contribution < 1.29 is 23.0 Å². The molecule has 1 heterocycles. The van der Waals surface area contributed by atoms with Gasteiger partial charge < -0.3 is 14.8 Å². The molecular formula is C18H21F2NO3S. The van der Waals surface area contributed by atoms with Gasteiger partial charge in [0.15, 0.2) is 11.5 Å². The van der Waals surface area contributed by atoms with Gasteiger partial charge in [-0.1, -0.05) is 19.4 Å². The molecule has 4 nitrogen and oxygen atoms in total. The van der Waals surface area contributed by atoms with Crippen molar-refractivity contribution in [2.75, 3.05) is 7.11 Å². The Hall–Kier alpha value is -2.15. The fourth-order valence-electron chi connectivity index (χ4n) is 2.43. The van der Waals surface area contributed by atoms with Crippen molar-refractivity contribution >= 4 is 17.2 Å². The first kappa shape index (κ1) is 19.2. The third kappa shape index (κ3) is 5.16. The van der Waals surface area contributed by atoms with Crippen LogP contribution in [0, 0.1) is 6.92 Å². The van der Waals surface area contributed by atoms with E-state index in [2.05, 4.69) is 17.0 Å². The number of aryl methyl sites for hydroxylation is 2. The molecule has 0 bridgehead atoms. The molecule has 0 aliphatic heterocycles. The maximum atomic E-state index is 12.3. The van der Waals surface area contributed by atoms with Gasteiger partial charge >= 0.3 is 6.61 Å². The molecule has 0 spiro atoms. The molecule has 1 aromatic heterocycles. The van der Waals surface area contributed by atoms with Crippen LogP contribution in [0.3, 0.4) is 0 Å². The highest BCUT2D eigenvalue weighted by molar-refractivity contribution is 7.14. The van der Waals surface area contributed by atoms with Crippen molar-refractivity contribution in [3.63, 3.8) is 0 Å². The summed E-state index contributed by atoms with van der Waals surface area (Å²) in [5.74, 6) is 0.0113. The summed E-state index contributed by atoms with van der Waals surface area (Å²) in [6.45, 7) is 1.47. The van der Waals surface area contributed by atoms with Crippen molar-refractivity contribution in [2.45, 2.75) is 39.8 Å². The average Bonchev–Trinajstić information content (AvgIpc) is 2.94. The van der Waals surface area contributed by atoms with E-state index in [-0.39, 0.29) is 24.0 Å². The fourth-order valence-corrected chi connectivity index (χ4v) is 3.42. The number of carbonyl (C=O) groups excluding carboxylic acids is 1. The van der Waals surface area contributed by atoms with Crippen molar-refractivity contribution in [1.29, 1.82) is 0 Å². The first-order valence-corrected chi connectivity index (χ1v) is 8.75. The Labute approximate surface area is 149 Å². The Morgan fingerprint density at radius 2 is 2.04 bits per heavy atom. The van der Waals surface area contributed by atoms with E-state index < -0.39 is 6.61 Å². The Morgan fingerprint density at radius 3 is 2.68 bits per heavy atom. The SMILES string of the molecule is CCCc1cc(C(=O)NCc2ccc(OC(F)F)c(OC)c2)sc1C. The van der Waals surface area contributed by atoms with Crippen LogP contribution in [0.1, 0.15) is 39.0 Å². The summed E-state index contributed by atoms with van der Waals surface area (Å²) >= 11 is 1.47. The Morgan fingerprint density at radius 1 is 1.28 bits per heavy atom. The topological polar surface area (TPSA) is 47.6 Å². The van der Waals surface area contributed by atoms with Crippen LogP contribution in [-0.2, 0) is 13.0 Å². The molecule has 1 N–H and O–H groups in total. The summed E-state index contributed by atoms with van der Waals surface area (Å²) < 4.78 is 34.1. The summed E-state index contributed by atoms with van der Waals surface area (Å²) in [5.41, 5.74) is 1.93. The minimum Gasteiger partial charge on any atom is -0.493 e. The van der Waals surface area contributed by atoms with E-state index in [4.69, 9.17) is 4.74 Å². The summed E-state index contributed by atoms with van der Waals surface area (Å²) in [4.78, 5) is 14.1. The van der Waals surface area contributed by atoms with E-state index in [0.29, 0.717) is 4.88 Å². The first-order valence-electron chi connectivity index (χ1n) is 7.93. The Bertz CT molecular complexity index is 731. The standard InChI is InChI=1S/C18H21F2NO3S/c1-4-5-13-9-16(25-11(13)2)17(22)21-10-12-6-7-14(24-18(19)20)15(8-12)23-3/h6-9,18H,4-5,10H2,1-3H3,(H,21,22). The van der Waals surface area contributed by atoms with Gasteiger partial charge in [0.1, 0.15) is 0 Å². The summed E-state index contributed by atoms with van der Waals surface area (Å²) in [7, 11) is 1.37. The Balaban J connectivity index is 2.03. The third-order valence-electron chi connectivity index (χ3n) is 3.66. The van der Waals surface area contributed by atoms with Crippen LogP contribution in [0.4, 0.5) is 8.78 Å². The molecule has 0 saturated carbocycles. The lowest BCUT2D eigenvalue weighted by molar-refractivity contribution is -0.0512. The zero-order chi connectivity index (χ0) is 18.4. The number of carbonyl (C=O) groups is 1. The smallest absolute Gasteiger partial charge is 0.387 e. The number of thiophene rings is 1. The maximum Gasteiger partial charge on any atom is 0.387 e. The average molecular weight is 369 g/mol. The molecule has 0 saturated heterocycles. The number of halogens is 2. The van der Waals surface area contributed by atoms with Crippen molar-refractivity contribution in [2.24, 2.45) is 0 Å². The number of alkyl halides is 2. The van der Waals surface area contributed by atoms with Gasteiger partial charge in [-0.2, -0.15) is 8.78 Å². The van der Waals surface area contributed by atoms with Crippen LogP contribution < -0.4 is 14.8 Å².